The average Bonchev–Trinajstić information content (AvgIpc) is 3.46. The van der Waals surface area contributed by atoms with Crippen LogP contribution in [0.4, 0.5) is 46.4 Å². The van der Waals surface area contributed by atoms with Crippen LogP contribution in [0.3, 0.4) is 0 Å². The lowest BCUT2D eigenvalue weighted by Gasteiger charge is -2.27. The van der Waals surface area contributed by atoms with E-state index in [1.54, 1.807) is 23.1 Å². The zero-order valence-electron chi connectivity index (χ0n) is 20.2. The number of nitrogens with zero attached hydrogens (tertiary/aromatic N) is 6. The molecule has 0 atom stereocenters. The van der Waals surface area contributed by atoms with Crippen LogP contribution < -0.4 is 26.1 Å². The van der Waals surface area contributed by atoms with Crippen molar-refractivity contribution in [3.63, 3.8) is 0 Å². The Bertz CT molecular complexity index is 1270. The minimum atomic E-state index is -4.50. The third-order valence-electron chi connectivity index (χ3n) is 5.93. The summed E-state index contributed by atoms with van der Waals surface area (Å²) < 4.78 is 60.5. The van der Waals surface area contributed by atoms with E-state index in [0.717, 1.165) is 18.7 Å². The Morgan fingerprint density at radius 2 is 1.84 bits per heavy atom. The molecule has 2 aliphatic heterocycles. The number of ether oxygens (including phenoxy) is 1. The molecule has 0 saturated carbocycles. The number of nitrogens with one attached hydrogen (secondary N) is 3. The summed E-state index contributed by atoms with van der Waals surface area (Å²) in [5.41, 5.74) is 6.26. The first kappa shape index (κ1) is 25.6. The van der Waals surface area contributed by atoms with Crippen molar-refractivity contribution >= 4 is 35.0 Å². The lowest BCUT2D eigenvalue weighted by molar-refractivity contribution is -0.137. The number of alkyl halides is 3. The number of hydrazine groups is 1. The Hall–Kier alpha value is -4.04. The Balaban J connectivity index is 1.22. The molecule has 2 fully saturated rings. The second-order valence-corrected chi connectivity index (χ2v) is 8.57. The molecule has 3 aromatic rings. The number of hydrazone groups is 1. The number of hydrogen-bond donors (Lipinski definition) is 3. The van der Waals surface area contributed by atoms with Gasteiger partial charge in [-0.1, -0.05) is 0 Å². The van der Waals surface area contributed by atoms with Gasteiger partial charge in [-0.05, 0) is 36.8 Å². The van der Waals surface area contributed by atoms with E-state index < -0.39 is 17.6 Å². The molecule has 14 heteroatoms. The summed E-state index contributed by atoms with van der Waals surface area (Å²) in [5, 5.41) is 8.52. The van der Waals surface area contributed by atoms with Crippen molar-refractivity contribution in [2.24, 2.45) is 5.10 Å². The molecular weight excluding hydrogens is 506 g/mol. The summed E-state index contributed by atoms with van der Waals surface area (Å²) in [5.74, 6) is -0.237. The average molecular weight is 532 g/mol. The number of halogens is 4. The first-order chi connectivity index (χ1) is 18.4. The second kappa shape index (κ2) is 11.1. The first-order valence-electron chi connectivity index (χ1n) is 12.0. The monoisotopic (exact) mass is 531 g/mol. The molecule has 2 aromatic heterocycles. The highest BCUT2D eigenvalue weighted by atomic mass is 19.4. The van der Waals surface area contributed by atoms with Crippen molar-refractivity contribution in [3.8, 4) is 0 Å². The molecule has 2 saturated heterocycles. The highest BCUT2D eigenvalue weighted by Gasteiger charge is 2.36. The smallest absolute Gasteiger partial charge is 0.378 e. The van der Waals surface area contributed by atoms with Crippen molar-refractivity contribution in [3.05, 3.63) is 59.8 Å². The predicted molar refractivity (Wildman–Crippen MR) is 135 cm³/mol. The molecule has 0 aliphatic carbocycles. The molecule has 0 amide bonds. The number of aromatic nitrogens is 3. The van der Waals surface area contributed by atoms with Gasteiger partial charge in [-0.2, -0.15) is 23.3 Å². The first-order valence-corrected chi connectivity index (χ1v) is 12.0. The van der Waals surface area contributed by atoms with Gasteiger partial charge in [0, 0.05) is 31.9 Å². The number of morpholine rings is 1. The maximum Gasteiger partial charge on any atom is 0.418 e. The standard InChI is InChI=1S/C24H25F4N9O/c25-20-15-30-23(34-22(20)36-8-10-38-11-9-36)35-31-14-17-2-3-18(13-29-17)33-16-4-5-21(37-7-1-6-32-37)19(12-16)24(26,27)28/h2-5,12-15,32-33H,1,6-11H2,(H,30,34,35)/b31-14+. The van der Waals surface area contributed by atoms with E-state index in [2.05, 4.69) is 36.2 Å². The SMILES string of the molecule is Fc1cnc(N/N=C/c2ccc(Nc3ccc(N4CCCN4)c(C(F)(F)F)c3)cn2)nc1N1CCOCC1. The van der Waals surface area contributed by atoms with Gasteiger partial charge < -0.3 is 20.0 Å². The van der Waals surface area contributed by atoms with Crippen LogP contribution in [0.1, 0.15) is 17.7 Å². The van der Waals surface area contributed by atoms with Gasteiger partial charge in [-0.3, -0.25) is 4.98 Å². The Kier molecular flexibility index (Phi) is 7.51. The molecule has 0 radical (unpaired) electrons. The minimum Gasteiger partial charge on any atom is -0.378 e. The Labute approximate surface area is 215 Å². The van der Waals surface area contributed by atoms with Crippen LogP contribution in [-0.2, 0) is 10.9 Å². The zero-order valence-corrected chi connectivity index (χ0v) is 20.2. The molecular formula is C24H25F4N9O. The van der Waals surface area contributed by atoms with E-state index in [-0.39, 0.29) is 23.1 Å². The normalized spacial score (nSPS) is 16.3. The zero-order chi connectivity index (χ0) is 26.5. The van der Waals surface area contributed by atoms with Gasteiger partial charge in [-0.15, -0.1) is 0 Å². The molecule has 0 spiro atoms. The lowest BCUT2D eigenvalue weighted by Crippen LogP contribution is -2.37. The molecule has 38 heavy (non-hydrogen) atoms. The minimum absolute atomic E-state index is 0.0972. The highest BCUT2D eigenvalue weighted by Crippen LogP contribution is 2.39. The van der Waals surface area contributed by atoms with E-state index in [9.17, 15) is 17.6 Å². The number of anilines is 5. The van der Waals surface area contributed by atoms with Crippen LogP contribution in [0.25, 0.3) is 0 Å². The largest absolute Gasteiger partial charge is 0.418 e. The van der Waals surface area contributed by atoms with Crippen LogP contribution in [0.2, 0.25) is 0 Å². The van der Waals surface area contributed by atoms with Gasteiger partial charge in [0.05, 0.1) is 54.5 Å². The molecule has 5 rings (SSSR count). The van der Waals surface area contributed by atoms with E-state index in [1.807, 2.05) is 0 Å². The maximum atomic E-state index is 14.2. The van der Waals surface area contributed by atoms with E-state index in [4.69, 9.17) is 4.74 Å². The van der Waals surface area contributed by atoms with Crippen molar-refractivity contribution in [2.75, 3.05) is 60.0 Å². The predicted octanol–water partition coefficient (Wildman–Crippen LogP) is 3.77. The van der Waals surface area contributed by atoms with Crippen LogP contribution >= 0.6 is 0 Å². The van der Waals surface area contributed by atoms with Gasteiger partial charge in [-0.25, -0.2) is 20.2 Å². The summed E-state index contributed by atoms with van der Waals surface area (Å²) in [6.45, 7) is 3.19. The molecule has 4 heterocycles. The van der Waals surface area contributed by atoms with E-state index in [0.29, 0.717) is 50.8 Å². The molecule has 10 nitrogen and oxygen atoms in total. The quantitative estimate of drug-likeness (QED) is 0.239. The van der Waals surface area contributed by atoms with Gasteiger partial charge in [0.15, 0.2) is 11.6 Å². The topological polar surface area (TPSA) is 103 Å². The fourth-order valence-corrected chi connectivity index (χ4v) is 4.10. The van der Waals surface area contributed by atoms with Crippen molar-refractivity contribution in [1.29, 1.82) is 0 Å². The number of rotatable bonds is 7. The van der Waals surface area contributed by atoms with Gasteiger partial charge >= 0.3 is 6.18 Å². The molecule has 2 aliphatic rings. The van der Waals surface area contributed by atoms with Crippen LogP contribution in [-0.4, -0.2) is 60.6 Å². The number of pyridine rings is 1. The van der Waals surface area contributed by atoms with Gasteiger partial charge in [0.25, 0.3) is 0 Å². The lowest BCUT2D eigenvalue weighted by atomic mass is 10.1. The Morgan fingerprint density at radius 1 is 1.03 bits per heavy atom. The Morgan fingerprint density at radius 3 is 2.55 bits per heavy atom. The second-order valence-electron chi connectivity index (χ2n) is 8.57. The van der Waals surface area contributed by atoms with E-state index >= 15 is 0 Å². The van der Waals surface area contributed by atoms with Crippen LogP contribution in [0, 0.1) is 5.82 Å². The summed E-state index contributed by atoms with van der Waals surface area (Å²) in [6, 6.07) is 7.44. The molecule has 200 valence electrons. The fraction of sp³-hybridized carbons (Fsp3) is 0.333. The van der Waals surface area contributed by atoms with Crippen molar-refractivity contribution in [1.82, 2.24) is 20.4 Å². The highest BCUT2D eigenvalue weighted by molar-refractivity contribution is 5.78. The number of benzene rings is 1. The molecule has 0 bridgehead atoms. The summed E-state index contributed by atoms with van der Waals surface area (Å²) >= 11 is 0. The molecule has 0 unspecified atom stereocenters. The van der Waals surface area contributed by atoms with Crippen LogP contribution in [0.15, 0.2) is 47.8 Å². The van der Waals surface area contributed by atoms with Crippen molar-refractivity contribution in [2.45, 2.75) is 12.6 Å². The summed E-state index contributed by atoms with van der Waals surface area (Å²) in [6.07, 6.45) is 0.257. The summed E-state index contributed by atoms with van der Waals surface area (Å²) in [4.78, 5) is 14.1. The van der Waals surface area contributed by atoms with E-state index in [1.165, 1.54) is 23.5 Å². The fourth-order valence-electron chi connectivity index (χ4n) is 4.10. The van der Waals surface area contributed by atoms with Gasteiger partial charge in [0.1, 0.15) is 0 Å². The third kappa shape index (κ3) is 6.08. The number of hydrogen-bond acceptors (Lipinski definition) is 10. The van der Waals surface area contributed by atoms with Gasteiger partial charge in [0.2, 0.25) is 5.95 Å². The van der Waals surface area contributed by atoms with Crippen molar-refractivity contribution < 1.29 is 22.3 Å². The molecule has 3 N–H and O–H groups in total. The third-order valence-corrected chi connectivity index (χ3v) is 5.93. The summed E-state index contributed by atoms with van der Waals surface area (Å²) in [7, 11) is 0. The maximum absolute atomic E-state index is 14.2. The van der Waals surface area contributed by atoms with Crippen LogP contribution in [0.5, 0.6) is 0 Å². The molecule has 1 aromatic carbocycles.